The van der Waals surface area contributed by atoms with Crippen LogP contribution in [0.25, 0.3) is 0 Å². The van der Waals surface area contributed by atoms with Gasteiger partial charge in [-0.3, -0.25) is 4.79 Å². The normalized spacial score (nSPS) is 10.2. The topological polar surface area (TPSA) is 52.6 Å². The van der Waals surface area contributed by atoms with E-state index >= 15 is 0 Å². The Balaban J connectivity index is 2.59. The Kier molecular flexibility index (Phi) is 5.36. The highest BCUT2D eigenvalue weighted by molar-refractivity contribution is 5.89. The highest BCUT2D eigenvalue weighted by Crippen LogP contribution is 2.14. The fourth-order valence-electron chi connectivity index (χ4n) is 1.19. The average molecular weight is 250 g/mol. The van der Waals surface area contributed by atoms with Gasteiger partial charge in [0.15, 0.2) is 0 Å². The zero-order valence-electron chi connectivity index (χ0n) is 10.9. The summed E-state index contributed by atoms with van der Waals surface area (Å²) in [5.74, 6) is 0.0724. The van der Waals surface area contributed by atoms with Crippen molar-refractivity contribution in [1.82, 2.24) is 0 Å². The molecule has 0 aliphatic rings. The maximum absolute atomic E-state index is 11.6. The summed E-state index contributed by atoms with van der Waals surface area (Å²) in [6, 6.07) is 6.33. The molecule has 4 nitrogen and oxygen atoms in total. The van der Waals surface area contributed by atoms with E-state index in [1.165, 1.54) is 0 Å². The minimum atomic E-state index is -0.364. The fourth-order valence-corrected chi connectivity index (χ4v) is 1.19. The third-order valence-corrected chi connectivity index (χ3v) is 2.16. The van der Waals surface area contributed by atoms with Crippen LogP contribution in [0.3, 0.4) is 0 Å². The highest BCUT2D eigenvalue weighted by Gasteiger charge is 2.09. The number of carbonyl (C=O) groups is 2. The molecule has 0 fully saturated rings. The number of benzene rings is 1. The molecular weight excluding hydrogens is 232 g/mol. The van der Waals surface area contributed by atoms with E-state index in [0.717, 1.165) is 0 Å². The molecule has 0 bridgehead atoms. The molecule has 0 heterocycles. The molecule has 0 aliphatic heterocycles. The van der Waals surface area contributed by atoms with Crippen molar-refractivity contribution >= 4 is 11.9 Å². The lowest BCUT2D eigenvalue weighted by molar-refractivity contribution is -0.134. The average Bonchev–Trinajstić information content (AvgIpc) is 2.36. The highest BCUT2D eigenvalue weighted by atomic mass is 16.5. The van der Waals surface area contributed by atoms with Gasteiger partial charge in [-0.15, -0.1) is 0 Å². The SMILES string of the molecule is CCC(=O)Oc1ccc(C(=O)OCC(C)C)cc1. The van der Waals surface area contributed by atoms with E-state index in [0.29, 0.717) is 30.3 Å². The molecule has 0 saturated heterocycles. The van der Waals surface area contributed by atoms with Crippen LogP contribution in [0.2, 0.25) is 0 Å². The molecular formula is C14H18O4. The minimum Gasteiger partial charge on any atom is -0.462 e. The number of hydrogen-bond donors (Lipinski definition) is 0. The molecule has 4 heteroatoms. The molecule has 0 radical (unpaired) electrons. The zero-order valence-corrected chi connectivity index (χ0v) is 10.9. The van der Waals surface area contributed by atoms with Crippen LogP contribution in [-0.4, -0.2) is 18.5 Å². The molecule has 0 saturated carbocycles. The van der Waals surface area contributed by atoms with Gasteiger partial charge < -0.3 is 9.47 Å². The summed E-state index contributed by atoms with van der Waals surface area (Å²) in [5, 5.41) is 0. The van der Waals surface area contributed by atoms with Gasteiger partial charge in [-0.05, 0) is 30.2 Å². The second-order valence-corrected chi connectivity index (χ2v) is 4.34. The van der Waals surface area contributed by atoms with Crippen LogP contribution in [0.1, 0.15) is 37.6 Å². The van der Waals surface area contributed by atoms with Crippen LogP contribution in [-0.2, 0) is 9.53 Å². The third kappa shape index (κ3) is 4.57. The molecule has 0 spiro atoms. The molecule has 1 rings (SSSR count). The lowest BCUT2D eigenvalue weighted by Crippen LogP contribution is -2.10. The standard InChI is InChI=1S/C14H18O4/c1-4-13(15)18-12-7-5-11(6-8-12)14(16)17-9-10(2)3/h5-8,10H,4,9H2,1-3H3. The molecule has 0 amide bonds. The van der Waals surface area contributed by atoms with E-state index < -0.39 is 0 Å². The molecule has 98 valence electrons. The Bertz CT molecular complexity index is 406. The van der Waals surface area contributed by atoms with Gasteiger partial charge in [-0.2, -0.15) is 0 Å². The summed E-state index contributed by atoms with van der Waals surface area (Å²) in [6.07, 6.45) is 0.318. The molecule has 1 aromatic rings. The van der Waals surface area contributed by atoms with Gasteiger partial charge >= 0.3 is 11.9 Å². The van der Waals surface area contributed by atoms with E-state index in [4.69, 9.17) is 9.47 Å². The monoisotopic (exact) mass is 250 g/mol. The summed E-state index contributed by atoms with van der Waals surface area (Å²) in [4.78, 5) is 22.7. The van der Waals surface area contributed by atoms with Crippen LogP contribution in [0.15, 0.2) is 24.3 Å². The van der Waals surface area contributed by atoms with Crippen LogP contribution >= 0.6 is 0 Å². The first-order chi connectivity index (χ1) is 8.52. The lowest BCUT2D eigenvalue weighted by Gasteiger charge is -2.07. The largest absolute Gasteiger partial charge is 0.462 e. The second-order valence-electron chi connectivity index (χ2n) is 4.34. The molecule has 1 aromatic carbocycles. The number of hydrogen-bond acceptors (Lipinski definition) is 4. The predicted molar refractivity (Wildman–Crippen MR) is 67.5 cm³/mol. The van der Waals surface area contributed by atoms with Crippen molar-refractivity contribution in [2.45, 2.75) is 27.2 Å². The molecule has 0 N–H and O–H groups in total. The van der Waals surface area contributed by atoms with Gasteiger partial charge in [0.05, 0.1) is 12.2 Å². The van der Waals surface area contributed by atoms with Gasteiger partial charge in [0.25, 0.3) is 0 Å². The summed E-state index contributed by atoms with van der Waals surface area (Å²) >= 11 is 0. The smallest absolute Gasteiger partial charge is 0.338 e. The Morgan fingerprint density at radius 3 is 2.28 bits per heavy atom. The van der Waals surface area contributed by atoms with E-state index in [1.54, 1.807) is 31.2 Å². The quantitative estimate of drug-likeness (QED) is 0.595. The maximum Gasteiger partial charge on any atom is 0.338 e. The summed E-state index contributed by atoms with van der Waals surface area (Å²) < 4.78 is 10.1. The number of carbonyl (C=O) groups excluding carboxylic acids is 2. The third-order valence-electron chi connectivity index (χ3n) is 2.16. The second kappa shape index (κ2) is 6.79. The summed E-state index contributed by atoms with van der Waals surface area (Å²) in [7, 11) is 0. The van der Waals surface area contributed by atoms with Gasteiger partial charge in [0.2, 0.25) is 0 Å². The van der Waals surface area contributed by atoms with Crippen molar-refractivity contribution in [3.8, 4) is 5.75 Å². The zero-order chi connectivity index (χ0) is 13.5. The Morgan fingerprint density at radius 2 is 1.78 bits per heavy atom. The van der Waals surface area contributed by atoms with Crippen molar-refractivity contribution in [3.63, 3.8) is 0 Å². The predicted octanol–water partition coefficient (Wildman–Crippen LogP) is 2.81. The first-order valence-corrected chi connectivity index (χ1v) is 6.00. The maximum atomic E-state index is 11.6. The number of ether oxygens (including phenoxy) is 2. The summed E-state index contributed by atoms with van der Waals surface area (Å²) in [5.41, 5.74) is 0.451. The van der Waals surface area contributed by atoms with Crippen LogP contribution in [0, 0.1) is 5.92 Å². The first kappa shape index (κ1) is 14.2. The molecule has 18 heavy (non-hydrogen) atoms. The van der Waals surface area contributed by atoms with Crippen molar-refractivity contribution in [1.29, 1.82) is 0 Å². The van der Waals surface area contributed by atoms with Crippen molar-refractivity contribution in [3.05, 3.63) is 29.8 Å². The molecule has 0 atom stereocenters. The van der Waals surface area contributed by atoms with E-state index in [1.807, 2.05) is 13.8 Å². The lowest BCUT2D eigenvalue weighted by atomic mass is 10.2. The molecule has 0 aromatic heterocycles. The minimum absolute atomic E-state index is 0.301. The van der Waals surface area contributed by atoms with Crippen molar-refractivity contribution < 1.29 is 19.1 Å². The fraction of sp³-hybridized carbons (Fsp3) is 0.429. The van der Waals surface area contributed by atoms with Crippen LogP contribution in [0.5, 0.6) is 5.75 Å². The number of esters is 2. The first-order valence-electron chi connectivity index (χ1n) is 6.00. The van der Waals surface area contributed by atoms with Gasteiger partial charge in [-0.25, -0.2) is 4.79 Å². The number of rotatable bonds is 5. The van der Waals surface area contributed by atoms with Gasteiger partial charge in [-0.1, -0.05) is 20.8 Å². The molecule has 0 unspecified atom stereocenters. The van der Waals surface area contributed by atoms with E-state index in [2.05, 4.69) is 0 Å². The summed E-state index contributed by atoms with van der Waals surface area (Å²) in [6.45, 7) is 6.06. The van der Waals surface area contributed by atoms with E-state index in [-0.39, 0.29) is 11.9 Å². The van der Waals surface area contributed by atoms with Gasteiger partial charge in [0, 0.05) is 6.42 Å². The van der Waals surface area contributed by atoms with E-state index in [9.17, 15) is 9.59 Å². The molecule has 0 aliphatic carbocycles. The van der Waals surface area contributed by atoms with Gasteiger partial charge in [0.1, 0.15) is 5.75 Å². The van der Waals surface area contributed by atoms with Crippen LogP contribution < -0.4 is 4.74 Å². The Hall–Kier alpha value is -1.84. The van der Waals surface area contributed by atoms with Crippen molar-refractivity contribution in [2.75, 3.05) is 6.61 Å². The van der Waals surface area contributed by atoms with Crippen molar-refractivity contribution in [2.24, 2.45) is 5.92 Å². The Morgan fingerprint density at radius 1 is 1.17 bits per heavy atom. The Labute approximate surface area is 107 Å². The van der Waals surface area contributed by atoms with Crippen LogP contribution in [0.4, 0.5) is 0 Å².